The molecule has 2 N–H and O–H groups in total. The maximum Gasteiger partial charge on any atom is 0.191 e. The van der Waals surface area contributed by atoms with Crippen molar-refractivity contribution in [1.29, 1.82) is 0 Å². The number of guanidine groups is 1. The molecule has 1 saturated heterocycles. The number of aliphatic imine (C=N–C) groups is 1. The number of rotatable bonds is 11. The number of ether oxygens (including phenoxy) is 1. The number of nitrogens with one attached hydrogen (secondary N) is 2. The monoisotopic (exact) mass is 489 g/mol. The molecule has 1 aliphatic rings. The molecule has 1 fully saturated rings. The van der Waals surface area contributed by atoms with Crippen molar-refractivity contribution in [3.05, 3.63) is 23.9 Å². The van der Waals surface area contributed by atoms with E-state index in [1.165, 1.54) is 24.8 Å². The summed E-state index contributed by atoms with van der Waals surface area (Å²) >= 11 is 0. The van der Waals surface area contributed by atoms with Crippen molar-refractivity contribution in [2.45, 2.75) is 52.5 Å². The minimum Gasteiger partial charge on any atom is -0.381 e. The third kappa shape index (κ3) is 9.60. The van der Waals surface area contributed by atoms with Gasteiger partial charge in [-0.1, -0.05) is 13.3 Å². The van der Waals surface area contributed by atoms with Gasteiger partial charge >= 0.3 is 0 Å². The highest BCUT2D eigenvalue weighted by molar-refractivity contribution is 14.0. The lowest BCUT2D eigenvalue weighted by atomic mass is 10.2. The fourth-order valence-corrected chi connectivity index (χ4v) is 2.92. The Hall–Kier alpha value is -1.09. The van der Waals surface area contributed by atoms with Crippen molar-refractivity contribution in [2.24, 2.45) is 4.99 Å². The highest BCUT2D eigenvalue weighted by atomic mass is 127. The number of hydrogen-bond acceptors (Lipinski definition) is 4. The predicted octanol–water partition coefficient (Wildman–Crippen LogP) is 3.56. The Morgan fingerprint density at radius 3 is 2.70 bits per heavy atom. The van der Waals surface area contributed by atoms with Crippen molar-refractivity contribution >= 4 is 35.8 Å². The van der Waals surface area contributed by atoms with E-state index in [-0.39, 0.29) is 24.0 Å². The van der Waals surface area contributed by atoms with Crippen LogP contribution in [-0.2, 0) is 11.3 Å². The van der Waals surface area contributed by atoms with Gasteiger partial charge in [-0.25, -0.2) is 9.98 Å². The molecule has 0 amide bonds. The number of unbranched alkanes of at least 4 members (excludes halogenated alkanes) is 1. The molecule has 6 nitrogen and oxygen atoms in total. The number of nitrogens with zero attached hydrogens (tertiary/aromatic N) is 3. The SMILES string of the molecule is CCCCOCCCNC(=NCc1ccnc(N2CCCC2)c1)NCC.I. The zero-order valence-electron chi connectivity index (χ0n) is 16.9. The van der Waals surface area contributed by atoms with Crippen LogP contribution in [0.15, 0.2) is 23.3 Å². The van der Waals surface area contributed by atoms with E-state index < -0.39 is 0 Å². The number of hydrogen-bond donors (Lipinski definition) is 2. The standard InChI is InChI=1S/C20H35N5O.HI/c1-3-5-14-26-15-8-10-23-20(21-4-2)24-17-18-9-11-22-19(16-18)25-12-6-7-13-25;/h9,11,16H,3-8,10,12-15,17H2,1-2H3,(H2,21,23,24);1H. The molecule has 1 aromatic rings. The van der Waals surface area contributed by atoms with E-state index in [2.05, 4.69) is 40.4 Å². The van der Waals surface area contributed by atoms with Gasteiger partial charge in [0.05, 0.1) is 6.54 Å². The Morgan fingerprint density at radius 1 is 1.19 bits per heavy atom. The lowest BCUT2D eigenvalue weighted by Gasteiger charge is -2.16. The van der Waals surface area contributed by atoms with E-state index in [0.29, 0.717) is 6.54 Å². The zero-order chi connectivity index (χ0) is 18.5. The van der Waals surface area contributed by atoms with E-state index >= 15 is 0 Å². The van der Waals surface area contributed by atoms with Crippen LogP contribution >= 0.6 is 24.0 Å². The normalized spacial score (nSPS) is 14.1. The van der Waals surface area contributed by atoms with Crippen LogP contribution in [0.5, 0.6) is 0 Å². The minimum atomic E-state index is 0. The summed E-state index contributed by atoms with van der Waals surface area (Å²) < 4.78 is 5.60. The maximum absolute atomic E-state index is 5.60. The Morgan fingerprint density at radius 2 is 1.96 bits per heavy atom. The number of anilines is 1. The molecule has 154 valence electrons. The molecular weight excluding hydrogens is 453 g/mol. The summed E-state index contributed by atoms with van der Waals surface area (Å²) in [5, 5.41) is 6.69. The molecule has 1 aliphatic heterocycles. The van der Waals surface area contributed by atoms with Crippen LogP contribution < -0.4 is 15.5 Å². The summed E-state index contributed by atoms with van der Waals surface area (Å²) in [5.74, 6) is 1.94. The minimum absolute atomic E-state index is 0. The number of pyridine rings is 1. The molecule has 2 heterocycles. The largest absolute Gasteiger partial charge is 0.381 e. The summed E-state index contributed by atoms with van der Waals surface area (Å²) in [6.45, 7) is 10.5. The Balaban J connectivity index is 0.00000364. The smallest absolute Gasteiger partial charge is 0.191 e. The van der Waals surface area contributed by atoms with E-state index in [1.807, 2.05) is 12.3 Å². The second-order valence-electron chi connectivity index (χ2n) is 6.66. The molecule has 0 spiro atoms. The Labute approximate surface area is 181 Å². The van der Waals surface area contributed by atoms with Crippen molar-refractivity contribution < 1.29 is 4.74 Å². The van der Waals surface area contributed by atoms with Crippen molar-refractivity contribution in [3.8, 4) is 0 Å². The molecule has 0 radical (unpaired) electrons. The number of aromatic nitrogens is 1. The van der Waals surface area contributed by atoms with Gasteiger partial charge in [0.15, 0.2) is 5.96 Å². The quantitative estimate of drug-likeness (QED) is 0.216. The van der Waals surface area contributed by atoms with Crippen LogP contribution in [-0.4, -0.2) is 50.3 Å². The van der Waals surface area contributed by atoms with Crippen LogP contribution in [0.1, 0.15) is 51.5 Å². The molecule has 0 bridgehead atoms. The van der Waals surface area contributed by atoms with Crippen molar-refractivity contribution in [3.63, 3.8) is 0 Å². The Bertz CT molecular complexity index is 535. The summed E-state index contributed by atoms with van der Waals surface area (Å²) in [6, 6.07) is 4.22. The Kier molecular flexibility index (Phi) is 13.2. The molecule has 0 aromatic carbocycles. The van der Waals surface area contributed by atoms with Crippen LogP contribution in [0.25, 0.3) is 0 Å². The van der Waals surface area contributed by atoms with Gasteiger partial charge in [0, 0.05) is 45.6 Å². The van der Waals surface area contributed by atoms with E-state index in [4.69, 9.17) is 9.73 Å². The first-order chi connectivity index (χ1) is 12.8. The molecule has 2 rings (SSSR count). The average Bonchev–Trinajstić information content (AvgIpc) is 3.20. The zero-order valence-corrected chi connectivity index (χ0v) is 19.2. The predicted molar refractivity (Wildman–Crippen MR) is 124 cm³/mol. The first kappa shape index (κ1) is 23.9. The van der Waals surface area contributed by atoms with Gasteiger partial charge < -0.3 is 20.3 Å². The van der Waals surface area contributed by atoms with Gasteiger partial charge in [-0.3, -0.25) is 0 Å². The van der Waals surface area contributed by atoms with E-state index in [1.54, 1.807) is 0 Å². The van der Waals surface area contributed by atoms with Gasteiger partial charge in [0.2, 0.25) is 0 Å². The first-order valence-electron chi connectivity index (χ1n) is 10.1. The number of halogens is 1. The summed E-state index contributed by atoms with van der Waals surface area (Å²) in [7, 11) is 0. The van der Waals surface area contributed by atoms with Gasteiger partial charge in [-0.05, 0) is 50.3 Å². The summed E-state index contributed by atoms with van der Waals surface area (Å²) in [6.07, 6.45) is 7.74. The molecule has 0 saturated carbocycles. The fraction of sp³-hybridized carbons (Fsp3) is 0.700. The van der Waals surface area contributed by atoms with Crippen molar-refractivity contribution in [2.75, 3.05) is 44.3 Å². The highest BCUT2D eigenvalue weighted by Gasteiger charge is 2.13. The summed E-state index contributed by atoms with van der Waals surface area (Å²) in [4.78, 5) is 11.6. The molecule has 1 aromatic heterocycles. The lowest BCUT2D eigenvalue weighted by molar-refractivity contribution is 0.129. The first-order valence-corrected chi connectivity index (χ1v) is 10.1. The fourth-order valence-electron chi connectivity index (χ4n) is 2.92. The summed E-state index contributed by atoms with van der Waals surface area (Å²) in [5.41, 5.74) is 1.20. The molecule has 0 atom stereocenters. The molecular formula is C20H36IN5O. The average molecular weight is 489 g/mol. The molecule has 7 heteroatoms. The maximum atomic E-state index is 5.60. The third-order valence-electron chi connectivity index (χ3n) is 4.40. The van der Waals surface area contributed by atoms with Gasteiger partial charge in [0.25, 0.3) is 0 Å². The molecule has 0 unspecified atom stereocenters. The second-order valence-corrected chi connectivity index (χ2v) is 6.66. The van der Waals surface area contributed by atoms with Crippen LogP contribution in [0.4, 0.5) is 5.82 Å². The van der Waals surface area contributed by atoms with Crippen LogP contribution in [0.2, 0.25) is 0 Å². The van der Waals surface area contributed by atoms with Gasteiger partial charge in [-0.2, -0.15) is 0 Å². The van der Waals surface area contributed by atoms with Crippen LogP contribution in [0, 0.1) is 0 Å². The topological polar surface area (TPSA) is 61.8 Å². The highest BCUT2D eigenvalue weighted by Crippen LogP contribution is 2.18. The lowest BCUT2D eigenvalue weighted by Crippen LogP contribution is -2.38. The van der Waals surface area contributed by atoms with E-state index in [9.17, 15) is 0 Å². The van der Waals surface area contributed by atoms with Gasteiger partial charge in [0.1, 0.15) is 5.82 Å². The molecule has 27 heavy (non-hydrogen) atoms. The van der Waals surface area contributed by atoms with Crippen LogP contribution in [0.3, 0.4) is 0 Å². The molecule has 0 aliphatic carbocycles. The van der Waals surface area contributed by atoms with Gasteiger partial charge in [-0.15, -0.1) is 24.0 Å². The van der Waals surface area contributed by atoms with E-state index in [0.717, 1.165) is 64.0 Å². The van der Waals surface area contributed by atoms with Crippen molar-refractivity contribution in [1.82, 2.24) is 15.6 Å². The third-order valence-corrected chi connectivity index (χ3v) is 4.40. The second kappa shape index (κ2) is 14.9.